The fraction of sp³-hybridized carbons (Fsp3) is 0.379. The van der Waals surface area contributed by atoms with E-state index in [0.717, 1.165) is 24.9 Å². The van der Waals surface area contributed by atoms with Crippen LogP contribution < -0.4 is 15.4 Å². The van der Waals surface area contributed by atoms with Gasteiger partial charge in [0, 0.05) is 41.2 Å². The van der Waals surface area contributed by atoms with Crippen LogP contribution in [0.2, 0.25) is 0 Å². The average Bonchev–Trinajstić information content (AvgIpc) is 3.45. The van der Waals surface area contributed by atoms with E-state index < -0.39 is 10.0 Å². The van der Waals surface area contributed by atoms with Gasteiger partial charge in [-0.3, -0.25) is 9.59 Å². The van der Waals surface area contributed by atoms with Crippen molar-refractivity contribution in [3.63, 3.8) is 0 Å². The molecule has 38 heavy (non-hydrogen) atoms. The van der Waals surface area contributed by atoms with Crippen LogP contribution >= 0.6 is 0 Å². The number of fused-ring (bicyclic) bond motifs is 1. The monoisotopic (exact) mass is 534 g/mol. The molecule has 0 spiro atoms. The van der Waals surface area contributed by atoms with E-state index in [-0.39, 0.29) is 34.7 Å². The molecule has 0 aliphatic carbocycles. The number of carbonyl (C=O) groups excluding carboxylic acids is 2. The van der Waals surface area contributed by atoms with E-state index in [4.69, 9.17) is 0 Å². The van der Waals surface area contributed by atoms with E-state index in [2.05, 4.69) is 15.4 Å². The number of amides is 2. The van der Waals surface area contributed by atoms with Gasteiger partial charge in [0.2, 0.25) is 15.9 Å². The lowest BCUT2D eigenvalue weighted by Crippen LogP contribution is -2.54. The van der Waals surface area contributed by atoms with Crippen molar-refractivity contribution < 1.29 is 18.0 Å². The average molecular weight is 535 g/mol. The third-order valence-corrected chi connectivity index (χ3v) is 9.24. The van der Waals surface area contributed by atoms with E-state index in [1.54, 1.807) is 30.3 Å². The summed E-state index contributed by atoms with van der Waals surface area (Å²) in [5.74, 6) is -0.155. The van der Waals surface area contributed by atoms with Crippen LogP contribution in [-0.4, -0.2) is 56.9 Å². The predicted octanol–water partition coefficient (Wildman–Crippen LogP) is 3.67. The van der Waals surface area contributed by atoms with Crippen LogP contribution in [0.5, 0.6) is 0 Å². The molecule has 2 heterocycles. The molecule has 8 nitrogen and oxygen atoms in total. The van der Waals surface area contributed by atoms with Crippen molar-refractivity contribution >= 4 is 38.3 Å². The number of nitrogens with zero attached hydrogens (tertiary/aromatic N) is 1. The van der Waals surface area contributed by atoms with Crippen LogP contribution in [0.15, 0.2) is 65.6 Å². The number of likely N-dealkylation sites (tertiary alicyclic amines) is 1. The van der Waals surface area contributed by atoms with E-state index in [0.29, 0.717) is 41.5 Å². The van der Waals surface area contributed by atoms with E-state index in [1.165, 1.54) is 0 Å². The summed E-state index contributed by atoms with van der Waals surface area (Å²) in [5, 5.41) is 7.39. The summed E-state index contributed by atoms with van der Waals surface area (Å²) >= 11 is 0. The fourth-order valence-electron chi connectivity index (χ4n) is 5.53. The minimum atomic E-state index is -3.86. The van der Waals surface area contributed by atoms with Crippen molar-refractivity contribution in [3.8, 4) is 0 Å². The van der Waals surface area contributed by atoms with Crippen molar-refractivity contribution in [1.82, 2.24) is 14.9 Å². The standard InChI is InChI=1S/C29H34N4O4S/c1-19-8-3-4-9-21(19)28(34)31-25-13-14-27(23-11-6-5-10-22(23)25)38(36,37)32-24-15-17-33(18-20(24)2)29(35)26-12-7-16-30-26/h3-6,8-11,13-14,20,24,26,30,32H,7,12,15-18H2,1-2H3,(H,31,34)/t20?,24?,26-/m1/s1. The van der Waals surface area contributed by atoms with Crippen LogP contribution in [0.4, 0.5) is 5.69 Å². The normalized spacial score (nSPS) is 21.9. The van der Waals surface area contributed by atoms with E-state index in [1.807, 2.05) is 49.1 Å². The Kier molecular flexibility index (Phi) is 7.52. The Morgan fingerprint density at radius 3 is 2.42 bits per heavy atom. The minimum Gasteiger partial charge on any atom is -0.341 e. The second-order valence-electron chi connectivity index (χ2n) is 10.4. The SMILES string of the molecule is Cc1ccccc1C(=O)Nc1ccc(S(=O)(=O)NC2CCN(C(=O)[C@H]3CCCN3)CC2C)c2ccccc12. The summed E-state index contributed by atoms with van der Waals surface area (Å²) in [6, 6.07) is 17.3. The van der Waals surface area contributed by atoms with Gasteiger partial charge in [-0.25, -0.2) is 13.1 Å². The zero-order valence-corrected chi connectivity index (χ0v) is 22.6. The van der Waals surface area contributed by atoms with Gasteiger partial charge in [-0.05, 0) is 62.4 Å². The molecule has 3 aromatic carbocycles. The number of hydrogen-bond donors (Lipinski definition) is 3. The van der Waals surface area contributed by atoms with Crippen molar-refractivity contribution in [1.29, 1.82) is 0 Å². The van der Waals surface area contributed by atoms with Gasteiger partial charge in [0.1, 0.15) is 0 Å². The molecule has 3 aromatic rings. The summed E-state index contributed by atoms with van der Waals surface area (Å²) in [5.41, 5.74) is 1.98. The Morgan fingerprint density at radius 1 is 0.974 bits per heavy atom. The van der Waals surface area contributed by atoms with Crippen molar-refractivity contribution in [2.45, 2.75) is 50.1 Å². The molecule has 5 rings (SSSR count). The van der Waals surface area contributed by atoms with Gasteiger partial charge in [-0.1, -0.05) is 49.4 Å². The second kappa shape index (κ2) is 10.8. The highest BCUT2D eigenvalue weighted by molar-refractivity contribution is 7.89. The topological polar surface area (TPSA) is 108 Å². The Labute approximate surface area is 223 Å². The maximum Gasteiger partial charge on any atom is 0.255 e. The lowest BCUT2D eigenvalue weighted by Gasteiger charge is -2.38. The first kappa shape index (κ1) is 26.3. The predicted molar refractivity (Wildman–Crippen MR) is 149 cm³/mol. The Balaban J connectivity index is 1.34. The molecule has 0 bridgehead atoms. The highest BCUT2D eigenvalue weighted by Crippen LogP contribution is 2.31. The number of aryl methyl sites for hydroxylation is 1. The molecule has 2 aliphatic rings. The first-order valence-electron chi connectivity index (χ1n) is 13.2. The van der Waals surface area contributed by atoms with Gasteiger partial charge >= 0.3 is 0 Å². The maximum absolute atomic E-state index is 13.6. The lowest BCUT2D eigenvalue weighted by molar-refractivity contribution is -0.135. The Hall–Kier alpha value is -3.27. The van der Waals surface area contributed by atoms with Crippen molar-refractivity contribution in [3.05, 3.63) is 71.8 Å². The molecular formula is C29H34N4O4S. The van der Waals surface area contributed by atoms with E-state index in [9.17, 15) is 18.0 Å². The summed E-state index contributed by atoms with van der Waals surface area (Å²) in [7, 11) is -3.86. The first-order valence-corrected chi connectivity index (χ1v) is 14.7. The van der Waals surface area contributed by atoms with Gasteiger partial charge < -0.3 is 15.5 Å². The van der Waals surface area contributed by atoms with Crippen LogP contribution in [0, 0.1) is 12.8 Å². The molecule has 2 unspecified atom stereocenters. The summed E-state index contributed by atoms with van der Waals surface area (Å²) in [6.07, 6.45) is 2.42. The maximum atomic E-state index is 13.6. The molecule has 0 aromatic heterocycles. The zero-order valence-electron chi connectivity index (χ0n) is 21.7. The van der Waals surface area contributed by atoms with Gasteiger partial charge in [0.05, 0.1) is 10.9 Å². The number of benzene rings is 3. The summed E-state index contributed by atoms with van der Waals surface area (Å²) < 4.78 is 30.1. The minimum absolute atomic E-state index is 0.0252. The smallest absolute Gasteiger partial charge is 0.255 e. The molecule has 3 atom stereocenters. The molecule has 2 saturated heterocycles. The Bertz CT molecular complexity index is 1470. The molecule has 0 saturated carbocycles. The number of carbonyl (C=O) groups is 2. The fourth-order valence-corrected chi connectivity index (χ4v) is 7.12. The third-order valence-electron chi connectivity index (χ3n) is 7.69. The van der Waals surface area contributed by atoms with Crippen molar-refractivity contribution in [2.75, 3.05) is 25.0 Å². The highest BCUT2D eigenvalue weighted by Gasteiger charge is 2.35. The van der Waals surface area contributed by atoms with Gasteiger partial charge in [0.15, 0.2) is 0 Å². The van der Waals surface area contributed by atoms with Crippen LogP contribution in [0.3, 0.4) is 0 Å². The van der Waals surface area contributed by atoms with Crippen LogP contribution in [0.25, 0.3) is 10.8 Å². The third kappa shape index (κ3) is 5.32. The zero-order chi connectivity index (χ0) is 26.9. The van der Waals surface area contributed by atoms with Gasteiger partial charge in [-0.2, -0.15) is 0 Å². The number of piperidine rings is 1. The van der Waals surface area contributed by atoms with Gasteiger partial charge in [0.25, 0.3) is 5.91 Å². The number of sulfonamides is 1. The van der Waals surface area contributed by atoms with Crippen LogP contribution in [0.1, 0.15) is 42.1 Å². The number of nitrogens with one attached hydrogen (secondary N) is 3. The molecule has 3 N–H and O–H groups in total. The molecule has 2 amide bonds. The number of rotatable bonds is 6. The first-order chi connectivity index (χ1) is 18.2. The second-order valence-corrected chi connectivity index (χ2v) is 12.0. The molecule has 2 aliphatic heterocycles. The summed E-state index contributed by atoms with van der Waals surface area (Å²) in [6.45, 7) is 5.77. The largest absolute Gasteiger partial charge is 0.341 e. The van der Waals surface area contributed by atoms with Gasteiger partial charge in [-0.15, -0.1) is 0 Å². The van der Waals surface area contributed by atoms with Crippen molar-refractivity contribution in [2.24, 2.45) is 5.92 Å². The molecule has 200 valence electrons. The molecular weight excluding hydrogens is 500 g/mol. The molecule has 9 heteroatoms. The quantitative estimate of drug-likeness (QED) is 0.447. The van der Waals surface area contributed by atoms with Crippen LogP contribution in [-0.2, 0) is 14.8 Å². The highest BCUT2D eigenvalue weighted by atomic mass is 32.2. The number of hydrogen-bond acceptors (Lipinski definition) is 5. The molecule has 0 radical (unpaired) electrons. The number of anilines is 1. The lowest BCUT2D eigenvalue weighted by atomic mass is 9.94. The van der Waals surface area contributed by atoms with E-state index >= 15 is 0 Å². The Morgan fingerprint density at radius 2 is 1.71 bits per heavy atom. The summed E-state index contributed by atoms with van der Waals surface area (Å²) in [4.78, 5) is 27.8. The molecule has 2 fully saturated rings.